The van der Waals surface area contributed by atoms with Crippen LogP contribution >= 0.6 is 0 Å². The second-order valence-corrected chi connectivity index (χ2v) is 5.87. The number of nitrogens with one attached hydrogen (secondary N) is 1. The molecule has 3 atom stereocenters. The normalized spacial score (nSPS) is 15.7. The predicted octanol–water partition coefficient (Wildman–Crippen LogP) is 2.92. The van der Waals surface area contributed by atoms with Gasteiger partial charge in [0.05, 0.1) is 5.92 Å². The zero-order valence-electron chi connectivity index (χ0n) is 13.1. The maximum absolute atomic E-state index is 12.7. The van der Waals surface area contributed by atoms with Gasteiger partial charge in [-0.1, -0.05) is 64.4 Å². The fraction of sp³-hybridized carbons (Fsp3) is 0.588. The molecule has 0 bridgehead atoms. The van der Waals surface area contributed by atoms with Crippen LogP contribution in [-0.4, -0.2) is 18.5 Å². The molecule has 3 unspecified atom stereocenters. The Bertz CT molecular complexity index is 403. The maximum Gasteiger partial charge on any atom is 0.228 e. The largest absolute Gasteiger partial charge is 0.351 e. The lowest BCUT2D eigenvalue weighted by atomic mass is 9.84. The molecule has 112 valence electrons. The van der Waals surface area contributed by atoms with Gasteiger partial charge >= 0.3 is 0 Å². The second-order valence-electron chi connectivity index (χ2n) is 5.87. The summed E-state index contributed by atoms with van der Waals surface area (Å²) in [7, 11) is 0. The van der Waals surface area contributed by atoms with Gasteiger partial charge in [0.15, 0.2) is 0 Å². The molecular weight excluding hydrogens is 248 g/mol. The molecule has 0 aromatic heterocycles. The first-order chi connectivity index (χ1) is 9.51. The summed E-state index contributed by atoms with van der Waals surface area (Å²) in [5, 5.41) is 3.12. The van der Waals surface area contributed by atoms with Crippen LogP contribution in [0.5, 0.6) is 0 Å². The van der Waals surface area contributed by atoms with Crippen molar-refractivity contribution in [2.24, 2.45) is 17.6 Å². The summed E-state index contributed by atoms with van der Waals surface area (Å²) >= 11 is 0. The SMILES string of the molecule is CCC(C)C(C(=O)NC(CN)C(C)C)c1ccccc1. The molecule has 1 aromatic rings. The van der Waals surface area contributed by atoms with Crippen molar-refractivity contribution in [1.29, 1.82) is 0 Å². The van der Waals surface area contributed by atoms with Gasteiger partial charge in [-0.25, -0.2) is 0 Å². The Morgan fingerprint density at radius 2 is 1.80 bits per heavy atom. The van der Waals surface area contributed by atoms with Crippen LogP contribution in [0.4, 0.5) is 0 Å². The topological polar surface area (TPSA) is 55.1 Å². The lowest BCUT2D eigenvalue weighted by molar-refractivity contribution is -0.124. The molecule has 3 heteroatoms. The van der Waals surface area contributed by atoms with E-state index in [9.17, 15) is 4.79 Å². The molecule has 0 fully saturated rings. The van der Waals surface area contributed by atoms with Crippen molar-refractivity contribution in [1.82, 2.24) is 5.32 Å². The molecular formula is C17H28N2O. The zero-order valence-corrected chi connectivity index (χ0v) is 13.1. The van der Waals surface area contributed by atoms with Gasteiger partial charge < -0.3 is 11.1 Å². The quantitative estimate of drug-likeness (QED) is 0.804. The van der Waals surface area contributed by atoms with Gasteiger partial charge in [0.1, 0.15) is 0 Å². The summed E-state index contributed by atoms with van der Waals surface area (Å²) in [6, 6.07) is 10.1. The van der Waals surface area contributed by atoms with Crippen LogP contribution in [0.3, 0.4) is 0 Å². The number of nitrogens with two attached hydrogens (primary N) is 1. The smallest absolute Gasteiger partial charge is 0.228 e. The van der Waals surface area contributed by atoms with Crippen molar-refractivity contribution in [3.8, 4) is 0 Å². The Morgan fingerprint density at radius 3 is 2.25 bits per heavy atom. The van der Waals surface area contributed by atoms with Crippen LogP contribution in [0.1, 0.15) is 45.6 Å². The fourth-order valence-corrected chi connectivity index (χ4v) is 2.40. The van der Waals surface area contributed by atoms with E-state index in [1.807, 2.05) is 30.3 Å². The van der Waals surface area contributed by atoms with Crippen molar-refractivity contribution < 1.29 is 4.79 Å². The number of rotatable bonds is 7. The molecule has 20 heavy (non-hydrogen) atoms. The Labute approximate surface area is 122 Å². The van der Waals surface area contributed by atoms with Gasteiger partial charge in [-0.3, -0.25) is 4.79 Å². The van der Waals surface area contributed by atoms with Crippen LogP contribution in [0.25, 0.3) is 0 Å². The van der Waals surface area contributed by atoms with E-state index in [0.717, 1.165) is 12.0 Å². The number of hydrogen-bond donors (Lipinski definition) is 2. The summed E-state index contributed by atoms with van der Waals surface area (Å²) in [6.45, 7) is 8.89. The molecule has 0 heterocycles. The molecule has 3 N–H and O–H groups in total. The molecule has 3 nitrogen and oxygen atoms in total. The Kier molecular flexibility index (Phi) is 6.73. The van der Waals surface area contributed by atoms with E-state index in [2.05, 4.69) is 33.0 Å². The first kappa shape index (κ1) is 16.7. The lowest BCUT2D eigenvalue weighted by Gasteiger charge is -2.27. The molecule has 0 spiro atoms. The number of carbonyl (C=O) groups is 1. The van der Waals surface area contributed by atoms with Gasteiger partial charge in [0.25, 0.3) is 0 Å². The Balaban J connectivity index is 2.92. The molecule has 0 aliphatic carbocycles. The highest BCUT2D eigenvalue weighted by atomic mass is 16.2. The van der Waals surface area contributed by atoms with E-state index in [-0.39, 0.29) is 17.9 Å². The maximum atomic E-state index is 12.7. The van der Waals surface area contributed by atoms with Gasteiger partial charge in [0, 0.05) is 12.6 Å². The monoisotopic (exact) mass is 276 g/mol. The molecule has 0 aliphatic rings. The highest BCUT2D eigenvalue weighted by Gasteiger charge is 2.27. The predicted molar refractivity (Wildman–Crippen MR) is 84.5 cm³/mol. The van der Waals surface area contributed by atoms with Crippen LogP contribution in [0.15, 0.2) is 30.3 Å². The average Bonchev–Trinajstić information content (AvgIpc) is 2.45. The summed E-state index contributed by atoms with van der Waals surface area (Å²) in [6.07, 6.45) is 0.974. The van der Waals surface area contributed by atoms with E-state index >= 15 is 0 Å². The van der Waals surface area contributed by atoms with Crippen LogP contribution in [0.2, 0.25) is 0 Å². The summed E-state index contributed by atoms with van der Waals surface area (Å²) in [4.78, 5) is 12.7. The van der Waals surface area contributed by atoms with Crippen molar-refractivity contribution in [3.05, 3.63) is 35.9 Å². The molecule has 0 saturated carbocycles. The summed E-state index contributed by atoms with van der Waals surface area (Å²) in [5.41, 5.74) is 6.84. The van der Waals surface area contributed by atoms with E-state index in [4.69, 9.17) is 5.73 Å². The molecule has 0 radical (unpaired) electrons. The van der Waals surface area contributed by atoms with Gasteiger partial charge in [-0.05, 0) is 17.4 Å². The van der Waals surface area contributed by atoms with Crippen LogP contribution in [0, 0.1) is 11.8 Å². The van der Waals surface area contributed by atoms with E-state index in [1.165, 1.54) is 0 Å². The Hall–Kier alpha value is -1.35. The van der Waals surface area contributed by atoms with Crippen molar-refractivity contribution >= 4 is 5.91 Å². The molecule has 1 rings (SSSR count). The highest BCUT2D eigenvalue weighted by Crippen LogP contribution is 2.27. The van der Waals surface area contributed by atoms with Gasteiger partial charge in [-0.2, -0.15) is 0 Å². The van der Waals surface area contributed by atoms with Gasteiger partial charge in [0.2, 0.25) is 5.91 Å². The first-order valence-corrected chi connectivity index (χ1v) is 7.56. The van der Waals surface area contributed by atoms with Crippen LogP contribution < -0.4 is 11.1 Å². The molecule has 0 saturated heterocycles. The molecule has 1 amide bonds. The number of hydrogen-bond acceptors (Lipinski definition) is 2. The number of amides is 1. The first-order valence-electron chi connectivity index (χ1n) is 7.56. The second kappa shape index (κ2) is 8.05. The van der Waals surface area contributed by atoms with E-state index in [1.54, 1.807) is 0 Å². The minimum Gasteiger partial charge on any atom is -0.351 e. The van der Waals surface area contributed by atoms with E-state index in [0.29, 0.717) is 18.4 Å². The average molecular weight is 276 g/mol. The highest BCUT2D eigenvalue weighted by molar-refractivity contribution is 5.84. The third-order valence-corrected chi connectivity index (χ3v) is 4.04. The number of carbonyl (C=O) groups excluding carboxylic acids is 1. The minimum atomic E-state index is -0.103. The van der Waals surface area contributed by atoms with E-state index < -0.39 is 0 Å². The van der Waals surface area contributed by atoms with Crippen molar-refractivity contribution in [3.63, 3.8) is 0 Å². The fourth-order valence-electron chi connectivity index (χ4n) is 2.40. The minimum absolute atomic E-state index is 0.0396. The number of benzene rings is 1. The summed E-state index contributed by atoms with van der Waals surface area (Å²) < 4.78 is 0. The molecule has 0 aliphatic heterocycles. The zero-order chi connectivity index (χ0) is 15.1. The lowest BCUT2D eigenvalue weighted by Crippen LogP contribution is -2.46. The van der Waals surface area contributed by atoms with Crippen LogP contribution in [-0.2, 0) is 4.79 Å². The molecule has 1 aromatic carbocycles. The Morgan fingerprint density at radius 1 is 1.20 bits per heavy atom. The summed E-state index contributed by atoms with van der Waals surface area (Å²) in [5.74, 6) is 0.643. The van der Waals surface area contributed by atoms with Gasteiger partial charge in [-0.15, -0.1) is 0 Å². The van der Waals surface area contributed by atoms with Crippen molar-refractivity contribution in [2.45, 2.75) is 46.1 Å². The van der Waals surface area contributed by atoms with Crippen molar-refractivity contribution in [2.75, 3.05) is 6.54 Å². The third-order valence-electron chi connectivity index (χ3n) is 4.04. The third kappa shape index (κ3) is 4.34. The standard InChI is InChI=1S/C17H28N2O/c1-5-13(4)16(14-9-7-6-8-10-14)17(20)19-15(11-18)12(2)3/h6-10,12-13,15-16H,5,11,18H2,1-4H3,(H,19,20).